The van der Waals surface area contributed by atoms with E-state index in [4.69, 9.17) is 0 Å². The Morgan fingerprint density at radius 3 is 2.55 bits per heavy atom. The number of hydrogen-bond donors (Lipinski definition) is 1. The van der Waals surface area contributed by atoms with Crippen LogP contribution in [0.2, 0.25) is 0 Å². The van der Waals surface area contributed by atoms with Crippen molar-refractivity contribution >= 4 is 23.5 Å². The fourth-order valence-electron chi connectivity index (χ4n) is 2.71. The van der Waals surface area contributed by atoms with Crippen molar-refractivity contribution in [3.63, 3.8) is 0 Å². The van der Waals surface area contributed by atoms with Gasteiger partial charge in [-0.1, -0.05) is 37.3 Å². The number of aryl methyl sites for hydroxylation is 1. The van der Waals surface area contributed by atoms with Crippen molar-refractivity contribution in [1.82, 2.24) is 9.78 Å². The van der Waals surface area contributed by atoms with E-state index in [-0.39, 0.29) is 0 Å². The summed E-state index contributed by atoms with van der Waals surface area (Å²) in [7, 11) is 0. The molecule has 1 atom stereocenters. The van der Waals surface area contributed by atoms with Crippen LogP contribution in [0, 0.1) is 17.2 Å². The molecule has 1 amide bonds. The first-order valence-corrected chi connectivity index (χ1v) is 9.22. The second kappa shape index (κ2) is 9.29. The second-order valence-corrected chi connectivity index (χ2v) is 6.39. The lowest BCUT2D eigenvalue weighted by Crippen LogP contribution is -2.27. The van der Waals surface area contributed by atoms with Gasteiger partial charge in [0.1, 0.15) is 0 Å². The van der Waals surface area contributed by atoms with Crippen molar-refractivity contribution in [2.75, 3.05) is 5.32 Å². The van der Waals surface area contributed by atoms with Crippen molar-refractivity contribution in [1.29, 1.82) is 5.26 Å². The molecular weight excluding hydrogens is 364 g/mol. The number of rotatable bonds is 7. The number of anilines is 1. The minimum Gasteiger partial charge on any atom is -0.325 e. The first kappa shape index (κ1) is 19.8. The lowest BCUT2D eigenvalue weighted by molar-refractivity contribution is -0.126. The van der Waals surface area contributed by atoms with Crippen molar-refractivity contribution in [3.05, 3.63) is 84.2 Å². The van der Waals surface area contributed by atoms with Crippen LogP contribution in [0.25, 0.3) is 11.8 Å². The van der Waals surface area contributed by atoms with Gasteiger partial charge < -0.3 is 5.32 Å². The van der Waals surface area contributed by atoms with Gasteiger partial charge in [-0.2, -0.15) is 10.4 Å². The molecular formula is C23H20N4O2. The molecule has 6 heteroatoms. The number of nitrogens with zero attached hydrogens (tertiary/aromatic N) is 3. The number of para-hydroxylation sites is 1. The van der Waals surface area contributed by atoms with Gasteiger partial charge in [0, 0.05) is 17.4 Å². The van der Waals surface area contributed by atoms with Crippen LogP contribution in [0.3, 0.4) is 0 Å². The van der Waals surface area contributed by atoms with E-state index in [1.807, 2.05) is 49.4 Å². The van der Waals surface area contributed by atoms with E-state index in [1.165, 1.54) is 6.08 Å². The molecule has 1 heterocycles. The number of nitrogens with one attached hydrogen (secondary N) is 1. The van der Waals surface area contributed by atoms with Gasteiger partial charge >= 0.3 is 0 Å². The van der Waals surface area contributed by atoms with Crippen LogP contribution in [0.15, 0.2) is 73.1 Å². The molecule has 29 heavy (non-hydrogen) atoms. The van der Waals surface area contributed by atoms with E-state index in [2.05, 4.69) is 10.4 Å². The van der Waals surface area contributed by atoms with Gasteiger partial charge in [-0.25, -0.2) is 4.68 Å². The molecule has 144 valence electrons. The van der Waals surface area contributed by atoms with Gasteiger partial charge in [0.2, 0.25) is 5.91 Å². The lowest BCUT2D eigenvalue weighted by atomic mass is 10.0. The Hall–Kier alpha value is -3.98. The smallest absolute Gasteiger partial charge is 0.249 e. The van der Waals surface area contributed by atoms with Crippen molar-refractivity contribution in [2.45, 2.75) is 13.3 Å². The number of aromatic nitrogens is 2. The van der Waals surface area contributed by atoms with Gasteiger partial charge in [0.25, 0.3) is 0 Å². The maximum Gasteiger partial charge on any atom is 0.249 e. The van der Waals surface area contributed by atoms with Gasteiger partial charge in [0.15, 0.2) is 11.7 Å². The molecule has 6 nitrogen and oxygen atoms in total. The molecule has 1 aromatic heterocycles. The van der Waals surface area contributed by atoms with Gasteiger partial charge in [-0.05, 0) is 48.4 Å². The predicted molar refractivity (Wildman–Crippen MR) is 111 cm³/mol. The molecule has 0 spiro atoms. The zero-order chi connectivity index (χ0) is 20.6. The van der Waals surface area contributed by atoms with Crippen LogP contribution >= 0.6 is 0 Å². The minimum absolute atomic E-state index is 0.549. The Bertz CT molecular complexity index is 1060. The molecule has 0 aliphatic heterocycles. The van der Waals surface area contributed by atoms with Crippen LogP contribution in [-0.4, -0.2) is 21.5 Å². The highest BCUT2D eigenvalue weighted by molar-refractivity contribution is 6.14. The summed E-state index contributed by atoms with van der Waals surface area (Å²) >= 11 is 0. The molecule has 0 aliphatic carbocycles. The number of carbonyl (C=O) groups excluding carboxylic acids is 2. The maximum atomic E-state index is 12.4. The van der Waals surface area contributed by atoms with Crippen LogP contribution in [0.1, 0.15) is 18.1 Å². The SMILES string of the molecule is CCc1ccc(NC(=O)C(C#N)C(=O)/C=C/c2cnn(-c3ccccc3)c2)cc1. The number of nitriles is 1. The number of allylic oxidation sites excluding steroid dienone is 1. The Morgan fingerprint density at radius 1 is 1.17 bits per heavy atom. The summed E-state index contributed by atoms with van der Waals surface area (Å²) < 4.78 is 1.68. The number of hydrogen-bond acceptors (Lipinski definition) is 4. The number of benzene rings is 2. The molecule has 0 saturated carbocycles. The van der Waals surface area contributed by atoms with Crippen LogP contribution in [0.4, 0.5) is 5.69 Å². The first-order chi connectivity index (χ1) is 14.1. The van der Waals surface area contributed by atoms with Crippen molar-refractivity contribution in [3.8, 4) is 11.8 Å². The molecule has 1 unspecified atom stereocenters. The predicted octanol–water partition coefficient (Wildman–Crippen LogP) is 3.80. The molecule has 3 rings (SSSR count). The summed E-state index contributed by atoms with van der Waals surface area (Å²) in [6.45, 7) is 2.04. The van der Waals surface area contributed by atoms with E-state index in [9.17, 15) is 14.9 Å². The normalized spacial score (nSPS) is 11.7. The number of ketones is 1. The highest BCUT2D eigenvalue weighted by Crippen LogP contribution is 2.13. The molecule has 3 aromatic rings. The van der Waals surface area contributed by atoms with Gasteiger partial charge in [-0.15, -0.1) is 0 Å². The average Bonchev–Trinajstić information content (AvgIpc) is 3.23. The molecule has 2 aromatic carbocycles. The Morgan fingerprint density at radius 2 is 1.90 bits per heavy atom. The molecule has 0 bridgehead atoms. The second-order valence-electron chi connectivity index (χ2n) is 6.39. The summed E-state index contributed by atoms with van der Waals surface area (Å²) in [5.41, 5.74) is 3.26. The van der Waals surface area contributed by atoms with E-state index >= 15 is 0 Å². The zero-order valence-corrected chi connectivity index (χ0v) is 15.9. The third-order valence-electron chi connectivity index (χ3n) is 4.37. The standard InChI is InChI=1S/C23H20N4O2/c1-2-17-8-11-19(12-9-17)26-23(29)21(14-24)22(28)13-10-18-15-25-27(16-18)20-6-4-3-5-7-20/h3-13,15-16,21H,2H2,1H3,(H,26,29)/b13-10+. The van der Waals surface area contributed by atoms with Crippen LogP contribution < -0.4 is 5.32 Å². The average molecular weight is 384 g/mol. The van der Waals surface area contributed by atoms with Crippen molar-refractivity contribution in [2.24, 2.45) is 5.92 Å². The highest BCUT2D eigenvalue weighted by Gasteiger charge is 2.24. The van der Waals surface area contributed by atoms with E-state index in [0.29, 0.717) is 11.3 Å². The first-order valence-electron chi connectivity index (χ1n) is 9.22. The van der Waals surface area contributed by atoms with Crippen LogP contribution in [0.5, 0.6) is 0 Å². The molecule has 0 fully saturated rings. The highest BCUT2D eigenvalue weighted by atomic mass is 16.2. The monoisotopic (exact) mass is 384 g/mol. The molecule has 0 aliphatic rings. The van der Waals surface area contributed by atoms with Gasteiger partial charge in [0.05, 0.1) is 18.0 Å². The fourth-order valence-corrected chi connectivity index (χ4v) is 2.71. The Balaban J connectivity index is 1.65. The third kappa shape index (κ3) is 5.05. The quantitative estimate of drug-likeness (QED) is 0.496. The summed E-state index contributed by atoms with van der Waals surface area (Å²) in [6, 6.07) is 18.6. The molecule has 0 radical (unpaired) electrons. The summed E-state index contributed by atoms with van der Waals surface area (Å²) in [4.78, 5) is 24.7. The molecule has 0 saturated heterocycles. The van der Waals surface area contributed by atoms with Gasteiger partial charge in [-0.3, -0.25) is 9.59 Å². The Kier molecular flexibility index (Phi) is 6.33. The maximum absolute atomic E-state index is 12.4. The van der Waals surface area contributed by atoms with E-state index in [1.54, 1.807) is 41.4 Å². The molecule has 1 N–H and O–H groups in total. The summed E-state index contributed by atoms with van der Waals surface area (Å²) in [5.74, 6) is -2.64. The minimum atomic E-state index is -1.42. The van der Waals surface area contributed by atoms with E-state index in [0.717, 1.165) is 17.7 Å². The fraction of sp³-hybridized carbons (Fsp3) is 0.130. The largest absolute Gasteiger partial charge is 0.325 e. The Labute approximate surface area is 169 Å². The van der Waals surface area contributed by atoms with Crippen LogP contribution in [-0.2, 0) is 16.0 Å². The third-order valence-corrected chi connectivity index (χ3v) is 4.37. The summed E-state index contributed by atoms with van der Waals surface area (Å²) in [5, 5.41) is 16.2. The zero-order valence-electron chi connectivity index (χ0n) is 15.9. The number of carbonyl (C=O) groups is 2. The number of amides is 1. The van der Waals surface area contributed by atoms with E-state index < -0.39 is 17.6 Å². The topological polar surface area (TPSA) is 87.8 Å². The summed E-state index contributed by atoms with van der Waals surface area (Å²) in [6.07, 6.45) is 7.03. The van der Waals surface area contributed by atoms with Crippen molar-refractivity contribution < 1.29 is 9.59 Å². The lowest BCUT2D eigenvalue weighted by Gasteiger charge is -2.08.